The van der Waals surface area contributed by atoms with Gasteiger partial charge in [-0.15, -0.1) is 0 Å². The summed E-state index contributed by atoms with van der Waals surface area (Å²) < 4.78 is 8.51. The molecule has 5 N–H and O–H groups in total. The maximum atomic E-state index is 8.51. The lowest BCUT2D eigenvalue weighted by atomic mass is 11.9. The van der Waals surface area contributed by atoms with E-state index in [1.54, 1.807) is 0 Å². The highest BCUT2D eigenvalue weighted by atomic mass is 31.2. The van der Waals surface area contributed by atoms with Gasteiger partial charge in [-0.1, -0.05) is 0 Å². The fourth-order valence-electron chi connectivity index (χ4n) is 0. The first kappa shape index (κ1) is 15.9. The Balaban J connectivity index is -0.0000000646. The van der Waals surface area contributed by atoms with Crippen molar-refractivity contribution in [2.75, 3.05) is 0 Å². The van der Waals surface area contributed by atoms with Crippen molar-refractivity contribution < 1.29 is 19.2 Å². The summed E-state index contributed by atoms with van der Waals surface area (Å²) in [5.74, 6) is 0. The molecule has 0 saturated carbocycles. The van der Waals surface area contributed by atoms with E-state index in [9.17, 15) is 0 Å². The van der Waals surface area contributed by atoms with E-state index < -0.39 is 17.2 Å². The molecule has 0 aromatic carbocycles. The van der Waals surface area contributed by atoms with Gasteiger partial charge in [0.15, 0.2) is 0 Å². The fourth-order valence-corrected chi connectivity index (χ4v) is 0. The minimum atomic E-state index is -2.12. The standard InChI is InChI=1S/CHN.H4NO2P.HO2P/c1-2;1-4(2)3;1-3-2/h1H;2-3H,1H2;3H/p+1. The van der Waals surface area contributed by atoms with Crippen molar-refractivity contribution in [2.24, 2.45) is 5.50 Å². The minimum Gasteiger partial charge on any atom is -0.338 e. The molecular formula is CH7N2O4P2+. The highest BCUT2D eigenvalue weighted by molar-refractivity contribution is 7.42. The Morgan fingerprint density at radius 1 is 1.56 bits per heavy atom. The van der Waals surface area contributed by atoms with Crippen LogP contribution in [0.2, 0.25) is 0 Å². The average Bonchev–Trinajstić information content (AvgIpc) is 1.71. The summed E-state index contributed by atoms with van der Waals surface area (Å²) >= 11 is 0. The predicted octanol–water partition coefficient (Wildman–Crippen LogP) is -0.786. The molecule has 0 rings (SSSR count). The highest BCUT2D eigenvalue weighted by Crippen LogP contribution is 2.05. The van der Waals surface area contributed by atoms with Crippen molar-refractivity contribution >= 4 is 17.2 Å². The van der Waals surface area contributed by atoms with Gasteiger partial charge in [-0.3, -0.25) is 5.50 Å². The second-order valence-corrected chi connectivity index (χ2v) is 1.24. The molecule has 0 saturated heterocycles. The van der Waals surface area contributed by atoms with Gasteiger partial charge in [0.05, 0.1) is 0 Å². The van der Waals surface area contributed by atoms with Crippen LogP contribution in [0.15, 0.2) is 0 Å². The van der Waals surface area contributed by atoms with Crippen molar-refractivity contribution in [3.8, 4) is 6.57 Å². The molecule has 0 aliphatic heterocycles. The lowest BCUT2D eigenvalue weighted by Gasteiger charge is -1.79. The van der Waals surface area contributed by atoms with E-state index in [1.807, 2.05) is 0 Å². The first-order valence-corrected chi connectivity index (χ1v) is 3.52. The molecule has 0 fully saturated rings. The normalized spacial score (nSPS) is 6.56. The van der Waals surface area contributed by atoms with Crippen LogP contribution in [0.25, 0.3) is 0 Å². The zero-order chi connectivity index (χ0) is 8.28. The summed E-state index contributed by atoms with van der Waals surface area (Å²) in [6.45, 7) is 3.50. The van der Waals surface area contributed by atoms with Crippen molar-refractivity contribution in [1.82, 2.24) is 0 Å². The molecule has 0 amide bonds. The topological polar surface area (TPSA) is 128 Å². The molecule has 1 atom stereocenters. The Kier molecular flexibility index (Phi) is 44.0. The Bertz CT molecular complexity index is 62.1. The van der Waals surface area contributed by atoms with Crippen LogP contribution in [0.5, 0.6) is 0 Å². The van der Waals surface area contributed by atoms with Crippen LogP contribution in [0.1, 0.15) is 0 Å². The summed E-state index contributed by atoms with van der Waals surface area (Å²) in [6.07, 6.45) is 0. The maximum absolute atomic E-state index is 8.51. The van der Waals surface area contributed by atoms with Gasteiger partial charge in [-0.05, 0) is 4.57 Å². The van der Waals surface area contributed by atoms with Gasteiger partial charge in [-0.2, -0.15) is 4.89 Å². The molecule has 6 nitrogen and oxygen atoms in total. The van der Waals surface area contributed by atoms with E-state index in [4.69, 9.17) is 24.5 Å². The molecule has 0 aromatic rings. The van der Waals surface area contributed by atoms with Crippen molar-refractivity contribution in [2.45, 2.75) is 0 Å². The lowest BCUT2D eigenvalue weighted by molar-refractivity contribution is 0.485. The average molecular weight is 173 g/mol. The summed E-state index contributed by atoms with van der Waals surface area (Å²) in [7, 11) is -3.29. The Morgan fingerprint density at radius 3 is 1.56 bits per heavy atom. The maximum Gasteiger partial charge on any atom is 0.491 e. The second-order valence-electron chi connectivity index (χ2n) is 0.412. The van der Waals surface area contributed by atoms with E-state index in [0.717, 1.165) is 0 Å². The number of nitrogens with two attached hydrogens (primary N) is 1. The molecule has 54 valence electrons. The minimum absolute atomic E-state index is 1.17. The van der Waals surface area contributed by atoms with Gasteiger partial charge >= 0.3 is 8.69 Å². The summed E-state index contributed by atoms with van der Waals surface area (Å²) in [6, 6.07) is 0. The van der Waals surface area contributed by atoms with E-state index in [0.29, 0.717) is 0 Å². The van der Waals surface area contributed by atoms with Crippen LogP contribution < -0.4 is 5.50 Å². The Morgan fingerprint density at radius 2 is 1.56 bits per heavy atom. The van der Waals surface area contributed by atoms with Crippen molar-refractivity contribution in [1.29, 1.82) is 5.26 Å². The monoisotopic (exact) mass is 173 g/mol. The highest BCUT2D eigenvalue weighted by Gasteiger charge is 1.72. The molecule has 0 heterocycles. The molecule has 0 spiro atoms. The van der Waals surface area contributed by atoms with Crippen LogP contribution in [-0.2, 0) is 4.57 Å². The Hall–Kier alpha value is -0.140. The van der Waals surface area contributed by atoms with E-state index in [-0.39, 0.29) is 0 Å². The summed E-state index contributed by atoms with van der Waals surface area (Å²) in [5, 5.41) is 6.50. The smallest absolute Gasteiger partial charge is 0.338 e. The second kappa shape index (κ2) is 24.8. The number of hydrogen-bond donors (Lipinski definition) is 4. The van der Waals surface area contributed by atoms with E-state index in [2.05, 4.69) is 12.1 Å². The largest absolute Gasteiger partial charge is 0.491 e. The van der Waals surface area contributed by atoms with Gasteiger partial charge in [-0.25, -0.2) is 5.26 Å². The molecule has 8 heteroatoms. The van der Waals surface area contributed by atoms with Crippen LogP contribution in [0, 0.1) is 11.8 Å². The van der Waals surface area contributed by atoms with Crippen molar-refractivity contribution in [3.05, 3.63) is 0 Å². The Labute approximate surface area is 54.8 Å². The zero-order valence-electron chi connectivity index (χ0n) is 4.30. The van der Waals surface area contributed by atoms with Gasteiger partial charge in [0.25, 0.3) is 0 Å². The van der Waals surface area contributed by atoms with Gasteiger partial charge < -0.3 is 9.79 Å². The zero-order valence-corrected chi connectivity index (χ0v) is 6.19. The van der Waals surface area contributed by atoms with E-state index >= 15 is 0 Å². The SMILES string of the molecule is C#N.NP(O)O.O=[PH+]O. The number of nitrogens with zero attached hydrogens (tertiary/aromatic N) is 1. The summed E-state index contributed by atoms with van der Waals surface area (Å²) in [5.41, 5.74) is 4.29. The molecule has 9 heavy (non-hydrogen) atoms. The molecule has 1 unspecified atom stereocenters. The van der Waals surface area contributed by atoms with Crippen LogP contribution in [0.4, 0.5) is 0 Å². The predicted molar refractivity (Wildman–Crippen MR) is 33.4 cm³/mol. The molecule has 0 aliphatic carbocycles. The third-order valence-electron chi connectivity index (χ3n) is 0. The van der Waals surface area contributed by atoms with Crippen LogP contribution >= 0.6 is 17.2 Å². The van der Waals surface area contributed by atoms with E-state index in [1.165, 1.54) is 0 Å². The molecule has 0 radical (unpaired) electrons. The molecule has 0 bridgehead atoms. The van der Waals surface area contributed by atoms with Gasteiger partial charge in [0, 0.05) is 6.57 Å². The van der Waals surface area contributed by atoms with Crippen molar-refractivity contribution in [3.63, 3.8) is 0 Å². The third-order valence-corrected chi connectivity index (χ3v) is 0. The first-order valence-electron chi connectivity index (χ1n) is 1.34. The molecule has 0 aliphatic rings. The fraction of sp³-hybridized carbons (Fsp3) is 0. The lowest BCUT2D eigenvalue weighted by Crippen LogP contribution is -1.78. The van der Waals surface area contributed by atoms with Gasteiger partial charge in [0.2, 0.25) is 8.53 Å². The first-order chi connectivity index (χ1) is 4.15. The summed E-state index contributed by atoms with van der Waals surface area (Å²) in [4.78, 5) is 21.9. The number of nitriles is 1. The number of hydrogen-bond acceptors (Lipinski definition) is 5. The molecule has 0 aromatic heterocycles. The quantitative estimate of drug-likeness (QED) is 0.355. The molecular weight excluding hydrogens is 166 g/mol. The van der Waals surface area contributed by atoms with Crippen LogP contribution in [-0.4, -0.2) is 14.7 Å². The van der Waals surface area contributed by atoms with Gasteiger partial charge in [0.1, 0.15) is 0 Å². The van der Waals surface area contributed by atoms with Crippen LogP contribution in [0.3, 0.4) is 0 Å². The number of rotatable bonds is 0. The third kappa shape index (κ3) is 13800.